The predicted molar refractivity (Wildman–Crippen MR) is 58.0 cm³/mol. The van der Waals surface area contributed by atoms with E-state index in [0.29, 0.717) is 6.42 Å². The molecular weight excluding hydrogens is 208 g/mol. The normalized spacial score (nSPS) is 28.9. The lowest BCUT2D eigenvalue weighted by Gasteiger charge is -2.35. The summed E-state index contributed by atoms with van der Waals surface area (Å²) in [4.78, 5) is 21.5. The number of carbonyl (C=O) groups is 2. The summed E-state index contributed by atoms with van der Waals surface area (Å²) in [5.74, 6) is -2.01. The minimum Gasteiger partial charge on any atom is -0.481 e. The van der Waals surface area contributed by atoms with Gasteiger partial charge in [0.1, 0.15) is 0 Å². The molecule has 16 heavy (non-hydrogen) atoms. The summed E-state index contributed by atoms with van der Waals surface area (Å²) in [5.41, 5.74) is 1.77. The van der Waals surface area contributed by atoms with Crippen molar-refractivity contribution in [2.75, 3.05) is 0 Å². The van der Waals surface area contributed by atoms with Gasteiger partial charge in [-0.2, -0.15) is 0 Å². The van der Waals surface area contributed by atoms with E-state index in [1.807, 2.05) is 0 Å². The van der Waals surface area contributed by atoms with Gasteiger partial charge in [0.15, 0.2) is 0 Å². The van der Waals surface area contributed by atoms with Crippen molar-refractivity contribution in [3.05, 3.63) is 17.9 Å². The Morgan fingerprint density at radius 2 is 2.06 bits per heavy atom. The summed E-state index contributed by atoms with van der Waals surface area (Å²) in [5, 5.41) is 17.6. The minimum atomic E-state index is -1.07. The first-order chi connectivity index (χ1) is 7.47. The summed E-state index contributed by atoms with van der Waals surface area (Å²) in [6, 6.07) is 0. The zero-order valence-corrected chi connectivity index (χ0v) is 9.27. The highest BCUT2D eigenvalue weighted by Crippen LogP contribution is 2.41. The van der Waals surface area contributed by atoms with E-state index in [0.717, 1.165) is 25.3 Å². The number of aliphatic carboxylic acids is 2. The lowest BCUT2D eigenvalue weighted by Crippen LogP contribution is -2.37. The Kier molecular flexibility index (Phi) is 3.91. The van der Waals surface area contributed by atoms with Gasteiger partial charge in [0.2, 0.25) is 0 Å². The van der Waals surface area contributed by atoms with Gasteiger partial charge in [-0.3, -0.25) is 4.79 Å². The van der Waals surface area contributed by atoms with Crippen LogP contribution in [0.4, 0.5) is 0 Å². The Morgan fingerprint density at radius 1 is 1.38 bits per heavy atom. The number of hydrogen-bond donors (Lipinski definition) is 2. The average molecular weight is 224 g/mol. The molecule has 0 saturated heterocycles. The molecule has 4 nitrogen and oxygen atoms in total. The van der Waals surface area contributed by atoms with Crippen molar-refractivity contribution >= 4 is 11.9 Å². The van der Waals surface area contributed by atoms with Gasteiger partial charge in [0.05, 0.1) is 11.5 Å². The second kappa shape index (κ2) is 4.99. The van der Waals surface area contributed by atoms with Crippen LogP contribution in [0, 0.1) is 11.3 Å². The van der Waals surface area contributed by atoms with E-state index in [9.17, 15) is 14.7 Å². The van der Waals surface area contributed by atoms with Crippen LogP contribution in [-0.4, -0.2) is 22.2 Å². The number of rotatable bonds is 3. The van der Waals surface area contributed by atoms with Crippen molar-refractivity contribution in [1.29, 1.82) is 0 Å². The molecule has 0 spiro atoms. The summed E-state index contributed by atoms with van der Waals surface area (Å²) in [7, 11) is 0. The summed E-state index contributed by atoms with van der Waals surface area (Å²) in [6.45, 7) is 1.72. The Hall–Kier alpha value is -1.54. The largest absolute Gasteiger partial charge is 0.481 e. The zero-order valence-electron chi connectivity index (χ0n) is 9.27. The van der Waals surface area contributed by atoms with Crippen molar-refractivity contribution in [2.45, 2.75) is 32.6 Å². The first-order valence-corrected chi connectivity index (χ1v) is 5.36. The van der Waals surface area contributed by atoms with Gasteiger partial charge < -0.3 is 10.2 Å². The molecule has 1 fully saturated rings. The lowest BCUT2D eigenvalue weighted by molar-refractivity contribution is -0.152. The molecule has 1 aliphatic carbocycles. The zero-order chi connectivity index (χ0) is 12.2. The third-order valence-electron chi connectivity index (χ3n) is 3.27. The first kappa shape index (κ1) is 12.5. The number of hydrogen-bond acceptors (Lipinski definition) is 2. The van der Waals surface area contributed by atoms with E-state index in [1.165, 1.54) is 0 Å². The van der Waals surface area contributed by atoms with Crippen LogP contribution in [0.2, 0.25) is 0 Å². The fourth-order valence-electron chi connectivity index (χ4n) is 2.13. The van der Waals surface area contributed by atoms with E-state index in [-0.39, 0.29) is 5.92 Å². The molecule has 2 unspecified atom stereocenters. The maximum absolute atomic E-state index is 11.2. The fourth-order valence-corrected chi connectivity index (χ4v) is 2.13. The molecule has 1 saturated carbocycles. The fraction of sp³-hybridized carbons (Fsp3) is 0.583. The SMILES string of the molecule is CC1(C(=O)O)CCCCC1C=C=CC(=O)O. The van der Waals surface area contributed by atoms with Gasteiger partial charge in [-0.15, -0.1) is 5.73 Å². The van der Waals surface area contributed by atoms with Crippen LogP contribution >= 0.6 is 0 Å². The third-order valence-corrected chi connectivity index (χ3v) is 3.27. The molecule has 0 radical (unpaired) electrons. The predicted octanol–water partition coefficient (Wildman–Crippen LogP) is 2.06. The van der Waals surface area contributed by atoms with Gasteiger partial charge in [0.25, 0.3) is 0 Å². The molecule has 1 aliphatic rings. The molecule has 0 amide bonds. The Balaban J connectivity index is 2.87. The molecular formula is C12H16O4. The molecule has 0 aromatic heterocycles. The van der Waals surface area contributed by atoms with E-state index in [4.69, 9.17) is 5.11 Å². The standard InChI is InChI=1S/C12H16O4/c1-12(11(15)16)8-3-2-5-9(12)6-4-7-10(13)14/h6-7,9H,2-3,5,8H2,1H3,(H,13,14)(H,15,16). The second-order valence-corrected chi connectivity index (χ2v) is 4.39. The van der Waals surface area contributed by atoms with Crippen molar-refractivity contribution in [2.24, 2.45) is 11.3 Å². The molecule has 0 aromatic carbocycles. The van der Waals surface area contributed by atoms with E-state index in [1.54, 1.807) is 13.0 Å². The van der Waals surface area contributed by atoms with Crippen LogP contribution in [0.1, 0.15) is 32.6 Å². The van der Waals surface area contributed by atoms with Gasteiger partial charge in [-0.1, -0.05) is 12.8 Å². The number of carboxylic acids is 2. The third kappa shape index (κ3) is 2.74. The monoisotopic (exact) mass is 224 g/mol. The van der Waals surface area contributed by atoms with Crippen molar-refractivity contribution in [3.63, 3.8) is 0 Å². The highest BCUT2D eigenvalue weighted by Gasteiger charge is 2.41. The topological polar surface area (TPSA) is 74.6 Å². The molecule has 88 valence electrons. The van der Waals surface area contributed by atoms with E-state index in [2.05, 4.69) is 5.73 Å². The van der Waals surface area contributed by atoms with E-state index < -0.39 is 17.4 Å². The highest BCUT2D eigenvalue weighted by atomic mass is 16.4. The number of carboxylic acid groups (broad SMARTS) is 2. The molecule has 1 rings (SSSR count). The molecule has 2 atom stereocenters. The minimum absolute atomic E-state index is 0.130. The van der Waals surface area contributed by atoms with Crippen molar-refractivity contribution in [1.82, 2.24) is 0 Å². The molecule has 0 bridgehead atoms. The summed E-state index contributed by atoms with van der Waals surface area (Å²) < 4.78 is 0. The Labute approximate surface area is 94.3 Å². The molecule has 2 N–H and O–H groups in total. The van der Waals surface area contributed by atoms with E-state index >= 15 is 0 Å². The second-order valence-electron chi connectivity index (χ2n) is 4.39. The average Bonchev–Trinajstić information content (AvgIpc) is 2.20. The molecule has 0 heterocycles. The lowest BCUT2D eigenvalue weighted by atomic mass is 9.67. The molecule has 0 aliphatic heterocycles. The maximum Gasteiger partial charge on any atom is 0.336 e. The first-order valence-electron chi connectivity index (χ1n) is 5.36. The van der Waals surface area contributed by atoms with Crippen molar-refractivity contribution in [3.8, 4) is 0 Å². The smallest absolute Gasteiger partial charge is 0.336 e. The van der Waals surface area contributed by atoms with Gasteiger partial charge in [-0.25, -0.2) is 4.79 Å². The van der Waals surface area contributed by atoms with Crippen LogP contribution < -0.4 is 0 Å². The quantitative estimate of drug-likeness (QED) is 0.568. The summed E-state index contributed by atoms with van der Waals surface area (Å²) in [6.07, 6.45) is 5.81. The van der Waals surface area contributed by atoms with Gasteiger partial charge in [-0.05, 0) is 25.8 Å². The van der Waals surface area contributed by atoms with Crippen LogP contribution in [0.5, 0.6) is 0 Å². The molecule has 0 aromatic rings. The summed E-state index contributed by atoms with van der Waals surface area (Å²) >= 11 is 0. The van der Waals surface area contributed by atoms with Crippen LogP contribution in [0.15, 0.2) is 17.9 Å². The Bertz CT molecular complexity index is 352. The Morgan fingerprint density at radius 3 is 2.62 bits per heavy atom. The van der Waals surface area contributed by atoms with Crippen LogP contribution in [0.3, 0.4) is 0 Å². The van der Waals surface area contributed by atoms with Crippen molar-refractivity contribution < 1.29 is 19.8 Å². The highest BCUT2D eigenvalue weighted by molar-refractivity contribution is 5.79. The molecule has 4 heteroatoms. The van der Waals surface area contributed by atoms with Crippen LogP contribution in [-0.2, 0) is 9.59 Å². The van der Waals surface area contributed by atoms with Crippen LogP contribution in [0.25, 0.3) is 0 Å². The van der Waals surface area contributed by atoms with Gasteiger partial charge in [0, 0.05) is 5.92 Å². The maximum atomic E-state index is 11.2. The van der Waals surface area contributed by atoms with Gasteiger partial charge >= 0.3 is 11.9 Å².